The number of aliphatic hydroxyl groups excluding tert-OH is 14. The van der Waals surface area contributed by atoms with E-state index in [9.17, 15) is 81.1 Å². The van der Waals surface area contributed by atoms with E-state index >= 15 is 0 Å². The smallest absolute Gasteiger partial charge is 0.249 e. The molecule has 26 nitrogen and oxygen atoms in total. The molecule has 0 aromatic carbocycles. The van der Waals surface area contributed by atoms with Crippen molar-refractivity contribution in [3.05, 3.63) is 0 Å². The Labute approximate surface area is 565 Å². The van der Waals surface area contributed by atoms with Gasteiger partial charge in [-0.1, -0.05) is 220 Å². The van der Waals surface area contributed by atoms with E-state index in [0.29, 0.717) is 18.8 Å². The molecule has 95 heavy (non-hydrogen) atoms. The van der Waals surface area contributed by atoms with E-state index in [1.54, 1.807) is 0 Å². The highest BCUT2D eigenvalue weighted by Gasteiger charge is 2.54. The fourth-order valence-corrected chi connectivity index (χ4v) is 13.1. The van der Waals surface area contributed by atoms with Gasteiger partial charge in [0.2, 0.25) is 11.8 Å². The van der Waals surface area contributed by atoms with E-state index in [1.807, 2.05) is 0 Å². The van der Waals surface area contributed by atoms with Crippen molar-refractivity contribution in [3.63, 3.8) is 0 Å². The van der Waals surface area contributed by atoms with Gasteiger partial charge in [0.05, 0.1) is 44.7 Å². The molecule has 4 heterocycles. The van der Waals surface area contributed by atoms with Gasteiger partial charge in [0.25, 0.3) is 0 Å². The molecule has 0 radical (unpaired) electrons. The molecule has 24 unspecified atom stereocenters. The number of amides is 2. The predicted octanol–water partition coefficient (Wildman–Crippen LogP) is 3.56. The number of unbranched alkanes of at least 4 members (excludes halogenated alkanes) is 28. The van der Waals surface area contributed by atoms with Crippen molar-refractivity contribution in [1.29, 1.82) is 0 Å². The largest absolute Gasteiger partial charge is 0.394 e. The van der Waals surface area contributed by atoms with E-state index in [4.69, 9.17) is 37.9 Å². The van der Waals surface area contributed by atoms with E-state index < -0.39 is 185 Å². The van der Waals surface area contributed by atoms with Crippen LogP contribution in [0.1, 0.15) is 247 Å². The minimum Gasteiger partial charge on any atom is -0.394 e. The predicted molar refractivity (Wildman–Crippen MR) is 351 cm³/mol. The summed E-state index contributed by atoms with van der Waals surface area (Å²) in [4.78, 5) is 26.3. The summed E-state index contributed by atoms with van der Waals surface area (Å²) in [6, 6.07) is -2.93. The van der Waals surface area contributed by atoms with Gasteiger partial charge in [-0.15, -0.1) is 0 Å². The monoisotopic (exact) mass is 1370 g/mol. The van der Waals surface area contributed by atoms with Crippen LogP contribution < -0.4 is 10.6 Å². The molecule has 24 atom stereocenters. The van der Waals surface area contributed by atoms with Gasteiger partial charge < -0.3 is 120 Å². The number of ether oxygens (including phenoxy) is 8. The van der Waals surface area contributed by atoms with Crippen molar-refractivity contribution >= 4 is 11.8 Å². The van der Waals surface area contributed by atoms with Gasteiger partial charge in [0, 0.05) is 6.92 Å². The molecular formula is C69H130N2O24. The summed E-state index contributed by atoms with van der Waals surface area (Å²) < 4.78 is 47.2. The van der Waals surface area contributed by atoms with Crippen LogP contribution in [0.5, 0.6) is 0 Å². The maximum absolute atomic E-state index is 13.7. The Morgan fingerprint density at radius 2 is 0.853 bits per heavy atom. The number of carbonyl (C=O) groups excluding carboxylic acids is 2. The minimum absolute atomic E-state index is 0.124. The fourth-order valence-electron chi connectivity index (χ4n) is 13.1. The van der Waals surface area contributed by atoms with Crippen molar-refractivity contribution in [2.24, 2.45) is 5.92 Å². The summed E-state index contributed by atoms with van der Waals surface area (Å²) in [6.45, 7) is 6.05. The Morgan fingerprint density at radius 1 is 0.442 bits per heavy atom. The third kappa shape index (κ3) is 30.3. The van der Waals surface area contributed by atoms with Crippen LogP contribution >= 0.6 is 0 Å². The lowest BCUT2D eigenvalue weighted by molar-refractivity contribution is -0.373. The zero-order valence-electron chi connectivity index (χ0n) is 57.9. The molecule has 4 saturated heterocycles. The molecule has 4 aliphatic heterocycles. The molecule has 0 spiro atoms. The zero-order valence-corrected chi connectivity index (χ0v) is 57.9. The van der Waals surface area contributed by atoms with Crippen molar-refractivity contribution in [1.82, 2.24) is 10.6 Å². The molecular weight excluding hydrogens is 1240 g/mol. The van der Waals surface area contributed by atoms with Gasteiger partial charge in [0.1, 0.15) is 104 Å². The van der Waals surface area contributed by atoms with Crippen molar-refractivity contribution in [3.8, 4) is 0 Å². The Balaban J connectivity index is 1.38. The summed E-state index contributed by atoms with van der Waals surface area (Å²) in [7, 11) is 0. The van der Waals surface area contributed by atoms with Crippen LogP contribution in [0.4, 0.5) is 0 Å². The zero-order chi connectivity index (χ0) is 69.8. The number of hydrogen-bond donors (Lipinski definition) is 16. The van der Waals surface area contributed by atoms with E-state index in [-0.39, 0.29) is 12.8 Å². The SMILES string of the molecule is CCCCCCCCCCCCCCCCCCCCCCCC(O)C(=O)NC(COC1OC(CO)C(O)C(O)C1OC1OC(COC2OC(CO)C(O)C(OC3OC(C)C(O)C(O)C3O)C2NC(C)=O)C(O)C(O)C1O)C(O)C(O)CCCCCCCCCCCC(C)C. The average Bonchev–Trinajstić information content (AvgIpc) is 0.800. The molecule has 0 aromatic heterocycles. The third-order valence-electron chi connectivity index (χ3n) is 19.3. The van der Waals surface area contributed by atoms with E-state index in [2.05, 4.69) is 31.4 Å². The van der Waals surface area contributed by atoms with Gasteiger partial charge in [-0.05, 0) is 25.7 Å². The van der Waals surface area contributed by atoms with Gasteiger partial charge >= 0.3 is 0 Å². The Kier molecular flexibility index (Phi) is 43.2. The highest BCUT2D eigenvalue weighted by atomic mass is 16.8. The standard InChI is InChI=1S/C69H130N2O24/c1-6-7-8-9-10-11-12-13-14-15-16-17-18-19-20-21-22-25-29-32-35-38-48(76)65(87)71-46(54(78)47(75)37-34-31-28-26-23-24-27-30-33-36-43(2)3)41-88-69-64(60(84)55(79)49(39-72)92-69)95-68-62(86)59(83)56(80)51(93-68)42-89-66-52(70-45(5)74)63(57(81)50(40-73)91-66)94-67-61(85)58(82)53(77)44(4)90-67/h43-44,46-64,66-69,72-73,75-86H,6-42H2,1-5H3,(H,70,74)(H,71,87). The Bertz CT molecular complexity index is 1970. The fraction of sp³-hybridized carbons (Fsp3) is 0.971. The third-order valence-corrected chi connectivity index (χ3v) is 19.3. The molecule has 2 amide bonds. The highest BCUT2D eigenvalue weighted by molar-refractivity contribution is 5.80. The lowest BCUT2D eigenvalue weighted by atomic mass is 9.95. The minimum atomic E-state index is -2.10. The second kappa shape index (κ2) is 48.0. The van der Waals surface area contributed by atoms with Gasteiger partial charge in [0.15, 0.2) is 25.2 Å². The number of rotatable bonds is 51. The first-order chi connectivity index (χ1) is 45.6. The van der Waals surface area contributed by atoms with Crippen LogP contribution in [0.3, 0.4) is 0 Å². The molecule has 0 saturated carbocycles. The topological polar surface area (TPSA) is 415 Å². The molecule has 0 aliphatic carbocycles. The van der Waals surface area contributed by atoms with Crippen molar-refractivity contribution in [2.75, 3.05) is 26.4 Å². The molecule has 4 fully saturated rings. The second-order valence-corrected chi connectivity index (χ2v) is 27.9. The molecule has 0 aromatic rings. The molecule has 4 rings (SSSR count). The van der Waals surface area contributed by atoms with E-state index in [1.165, 1.54) is 135 Å². The number of nitrogens with one attached hydrogen (secondary N) is 2. The van der Waals surface area contributed by atoms with Crippen LogP contribution in [0.25, 0.3) is 0 Å². The quantitative estimate of drug-likeness (QED) is 0.0387. The Hall–Kier alpha value is -1.94. The molecule has 4 aliphatic rings. The molecule has 0 bridgehead atoms. The van der Waals surface area contributed by atoms with Crippen LogP contribution in [-0.4, -0.2) is 257 Å². The molecule has 26 heteroatoms. The van der Waals surface area contributed by atoms with Crippen LogP contribution in [0.2, 0.25) is 0 Å². The first-order valence-electron chi connectivity index (χ1n) is 36.7. The van der Waals surface area contributed by atoms with Gasteiger partial charge in [-0.2, -0.15) is 0 Å². The first-order valence-corrected chi connectivity index (χ1v) is 36.7. The van der Waals surface area contributed by atoms with Crippen LogP contribution in [0.15, 0.2) is 0 Å². The number of aliphatic hydroxyl groups is 14. The summed E-state index contributed by atoms with van der Waals surface area (Å²) >= 11 is 0. The van der Waals surface area contributed by atoms with E-state index in [0.717, 1.165) is 64.7 Å². The maximum Gasteiger partial charge on any atom is 0.249 e. The summed E-state index contributed by atoms with van der Waals surface area (Å²) in [5.74, 6) is -0.857. The first kappa shape index (κ1) is 85.5. The van der Waals surface area contributed by atoms with Crippen LogP contribution in [-0.2, 0) is 47.5 Å². The van der Waals surface area contributed by atoms with Crippen LogP contribution in [0, 0.1) is 5.92 Å². The van der Waals surface area contributed by atoms with Gasteiger partial charge in [-0.3, -0.25) is 9.59 Å². The lowest BCUT2D eigenvalue weighted by Crippen LogP contribution is -2.68. The van der Waals surface area contributed by atoms with Crippen molar-refractivity contribution < 1.29 is 119 Å². The molecule has 560 valence electrons. The normalized spacial score (nSPS) is 32.7. The second-order valence-electron chi connectivity index (χ2n) is 27.9. The average molecular weight is 1370 g/mol. The van der Waals surface area contributed by atoms with Crippen molar-refractivity contribution in [2.45, 2.75) is 394 Å². The maximum atomic E-state index is 13.7. The molecule has 16 N–H and O–H groups in total. The Morgan fingerprint density at radius 3 is 1.34 bits per heavy atom. The highest BCUT2D eigenvalue weighted by Crippen LogP contribution is 2.34. The lowest BCUT2D eigenvalue weighted by Gasteiger charge is -2.48. The number of carbonyl (C=O) groups is 2. The van der Waals surface area contributed by atoms with Gasteiger partial charge in [-0.25, -0.2) is 0 Å². The number of hydrogen-bond acceptors (Lipinski definition) is 24. The summed E-state index contributed by atoms with van der Waals surface area (Å²) in [6.07, 6.45) is -1.68. The summed E-state index contributed by atoms with van der Waals surface area (Å²) in [5.41, 5.74) is 0. The summed E-state index contributed by atoms with van der Waals surface area (Å²) in [5, 5.41) is 159.